The zero-order valence-electron chi connectivity index (χ0n) is 23.7. The molecule has 0 spiro atoms. The smallest absolute Gasteiger partial charge is 0.347 e. The normalized spacial score (nSPS) is 14.4. The minimum absolute atomic E-state index is 0.105. The number of carbonyl (C=O) groups excluding carboxylic acids is 2. The molecule has 0 bridgehead atoms. The number of ketones is 1. The number of aryl methyl sites for hydroxylation is 2. The number of hydrogen-bond acceptors (Lipinski definition) is 8. The van der Waals surface area contributed by atoms with E-state index in [1.165, 1.54) is 12.1 Å². The number of hydrogen-bond donors (Lipinski definition) is 1. The first kappa shape index (κ1) is 29.9. The van der Waals surface area contributed by atoms with Gasteiger partial charge in [-0.15, -0.1) is 0 Å². The Bertz CT molecular complexity index is 1170. The molecule has 1 aliphatic heterocycles. The lowest BCUT2D eigenvalue weighted by Crippen LogP contribution is -2.33. The molecule has 1 atom stereocenters. The molecule has 2 aromatic carbocycles. The lowest BCUT2D eigenvalue weighted by Gasteiger charge is -2.27. The second-order valence-corrected chi connectivity index (χ2v) is 9.70. The second kappa shape index (κ2) is 14.5. The number of esters is 1. The van der Waals surface area contributed by atoms with E-state index in [2.05, 4.69) is 6.92 Å². The molecule has 39 heavy (non-hydrogen) atoms. The van der Waals surface area contributed by atoms with Crippen LogP contribution in [0.5, 0.6) is 23.0 Å². The van der Waals surface area contributed by atoms with Gasteiger partial charge in [0.25, 0.3) is 0 Å². The molecular weight excluding hydrogens is 498 g/mol. The highest BCUT2D eigenvalue weighted by Gasteiger charge is 2.30. The molecule has 1 N–H and O–H groups in total. The Labute approximate surface area is 231 Å². The van der Waals surface area contributed by atoms with Crippen molar-refractivity contribution in [3.8, 4) is 23.0 Å². The van der Waals surface area contributed by atoms with E-state index in [0.717, 1.165) is 47.5 Å². The number of aromatic hydroxyl groups is 1. The van der Waals surface area contributed by atoms with Crippen LogP contribution in [0.15, 0.2) is 36.5 Å². The molecule has 0 saturated heterocycles. The van der Waals surface area contributed by atoms with Crippen molar-refractivity contribution in [3.63, 3.8) is 0 Å². The van der Waals surface area contributed by atoms with Crippen LogP contribution in [0.4, 0.5) is 0 Å². The fourth-order valence-corrected chi connectivity index (χ4v) is 4.46. The van der Waals surface area contributed by atoms with Gasteiger partial charge in [-0.05, 0) is 55.9 Å². The molecular formula is C31H41NO7. The van der Waals surface area contributed by atoms with Crippen LogP contribution < -0.4 is 14.2 Å². The summed E-state index contributed by atoms with van der Waals surface area (Å²) in [6.45, 7) is 7.01. The third kappa shape index (κ3) is 7.91. The van der Waals surface area contributed by atoms with Gasteiger partial charge < -0.3 is 29.0 Å². The van der Waals surface area contributed by atoms with Crippen molar-refractivity contribution < 1.29 is 33.6 Å². The number of phenols is 1. The van der Waals surface area contributed by atoms with Crippen LogP contribution in [-0.2, 0) is 28.8 Å². The average molecular weight is 540 g/mol. The Hall–Kier alpha value is -3.68. The van der Waals surface area contributed by atoms with Gasteiger partial charge in [0.05, 0.1) is 25.4 Å². The highest BCUT2D eigenvalue weighted by molar-refractivity contribution is 6.06. The van der Waals surface area contributed by atoms with Gasteiger partial charge in [-0.25, -0.2) is 4.79 Å². The molecule has 0 aliphatic carbocycles. The van der Waals surface area contributed by atoms with Crippen LogP contribution in [0.25, 0.3) is 0 Å². The standard InChI is InChI=1S/C31H41NO7/c1-6-10-23-27(13-11-22-12-14-28(39-30(22)23)31(35)36-8-3)37-17-9-18-38-29-20-26(34)24(19-21(29)7-2)25(33)15-16-32(4)5/h11,13,15-16,19-20,28,34H,6-10,12,14,17-18H2,1-5H3/b16-15-. The molecule has 212 valence electrons. The maximum Gasteiger partial charge on any atom is 0.347 e. The van der Waals surface area contributed by atoms with Gasteiger partial charge in [-0.3, -0.25) is 4.79 Å². The van der Waals surface area contributed by atoms with E-state index in [9.17, 15) is 14.7 Å². The molecule has 1 heterocycles. The maximum atomic E-state index is 12.5. The van der Waals surface area contributed by atoms with Crippen molar-refractivity contribution in [3.05, 3.63) is 58.8 Å². The molecule has 0 fully saturated rings. The molecule has 8 heteroatoms. The highest BCUT2D eigenvalue weighted by atomic mass is 16.6. The van der Waals surface area contributed by atoms with Gasteiger partial charge in [0, 0.05) is 44.4 Å². The summed E-state index contributed by atoms with van der Waals surface area (Å²) in [6, 6.07) is 7.19. The summed E-state index contributed by atoms with van der Waals surface area (Å²) in [6.07, 6.45) is 6.82. The van der Waals surface area contributed by atoms with E-state index in [1.807, 2.05) is 33.2 Å². The summed E-state index contributed by atoms with van der Waals surface area (Å²) >= 11 is 0. The number of fused-ring (bicyclic) bond motifs is 1. The molecule has 2 aromatic rings. The van der Waals surface area contributed by atoms with Gasteiger partial charge in [-0.1, -0.05) is 26.3 Å². The molecule has 8 nitrogen and oxygen atoms in total. The fraction of sp³-hybridized carbons (Fsp3) is 0.484. The molecule has 0 saturated carbocycles. The Morgan fingerprint density at radius 3 is 2.51 bits per heavy atom. The Morgan fingerprint density at radius 1 is 1.10 bits per heavy atom. The van der Waals surface area contributed by atoms with E-state index < -0.39 is 6.10 Å². The number of ether oxygens (including phenoxy) is 4. The van der Waals surface area contributed by atoms with Crippen LogP contribution in [0.1, 0.15) is 67.1 Å². The minimum atomic E-state index is -0.591. The number of benzene rings is 2. The molecule has 0 amide bonds. The average Bonchev–Trinajstić information content (AvgIpc) is 2.92. The molecule has 0 aromatic heterocycles. The Balaban J connectivity index is 1.62. The summed E-state index contributed by atoms with van der Waals surface area (Å²) in [7, 11) is 3.65. The molecule has 0 radical (unpaired) electrons. The monoisotopic (exact) mass is 539 g/mol. The predicted octanol–water partition coefficient (Wildman–Crippen LogP) is 5.27. The van der Waals surface area contributed by atoms with Crippen molar-refractivity contribution in [2.24, 2.45) is 0 Å². The van der Waals surface area contributed by atoms with Gasteiger partial charge in [0.15, 0.2) is 11.9 Å². The molecule has 3 rings (SSSR count). The SMILES string of the molecule is CCCc1c(OCCCOc2cc(O)c(C(=O)/C=C\N(C)C)cc2CC)ccc2c1OC(C(=O)OCC)CC2. The predicted molar refractivity (Wildman–Crippen MR) is 150 cm³/mol. The second-order valence-electron chi connectivity index (χ2n) is 9.70. The fourth-order valence-electron chi connectivity index (χ4n) is 4.46. The van der Waals surface area contributed by atoms with E-state index in [4.69, 9.17) is 18.9 Å². The first-order chi connectivity index (χ1) is 18.8. The first-order valence-corrected chi connectivity index (χ1v) is 13.8. The van der Waals surface area contributed by atoms with Crippen LogP contribution in [0.2, 0.25) is 0 Å². The topological polar surface area (TPSA) is 94.5 Å². The molecule has 1 aliphatic rings. The third-order valence-corrected chi connectivity index (χ3v) is 6.44. The minimum Gasteiger partial charge on any atom is -0.507 e. The van der Waals surface area contributed by atoms with Crippen molar-refractivity contribution in [2.75, 3.05) is 33.9 Å². The largest absolute Gasteiger partial charge is 0.507 e. The number of carbonyl (C=O) groups is 2. The summed E-state index contributed by atoms with van der Waals surface area (Å²) in [5, 5.41) is 10.4. The van der Waals surface area contributed by atoms with E-state index >= 15 is 0 Å². The molecule has 1 unspecified atom stereocenters. The Morgan fingerprint density at radius 2 is 1.85 bits per heavy atom. The lowest BCUT2D eigenvalue weighted by molar-refractivity contribution is -0.152. The Kier molecular flexibility index (Phi) is 11.1. The summed E-state index contributed by atoms with van der Waals surface area (Å²) < 4.78 is 23.4. The van der Waals surface area contributed by atoms with Crippen molar-refractivity contribution in [1.82, 2.24) is 4.90 Å². The van der Waals surface area contributed by atoms with Crippen LogP contribution in [0.3, 0.4) is 0 Å². The number of allylic oxidation sites excluding steroid dienone is 1. The lowest BCUT2D eigenvalue weighted by atomic mass is 9.96. The van der Waals surface area contributed by atoms with Gasteiger partial charge in [-0.2, -0.15) is 0 Å². The van der Waals surface area contributed by atoms with Crippen LogP contribution in [-0.4, -0.2) is 61.8 Å². The van der Waals surface area contributed by atoms with E-state index in [0.29, 0.717) is 44.8 Å². The number of rotatable bonds is 14. The van der Waals surface area contributed by atoms with E-state index in [-0.39, 0.29) is 23.1 Å². The summed E-state index contributed by atoms with van der Waals surface area (Å²) in [5.41, 5.74) is 3.17. The van der Waals surface area contributed by atoms with Crippen LogP contribution >= 0.6 is 0 Å². The first-order valence-electron chi connectivity index (χ1n) is 13.8. The van der Waals surface area contributed by atoms with Gasteiger partial charge in [0.2, 0.25) is 0 Å². The zero-order chi connectivity index (χ0) is 28.4. The third-order valence-electron chi connectivity index (χ3n) is 6.44. The van der Waals surface area contributed by atoms with Crippen molar-refractivity contribution in [1.29, 1.82) is 0 Å². The number of nitrogens with zero attached hydrogens (tertiary/aromatic N) is 1. The quantitative estimate of drug-likeness (QED) is 0.150. The van der Waals surface area contributed by atoms with Crippen molar-refractivity contribution >= 4 is 11.8 Å². The number of phenolic OH excluding ortho intramolecular Hbond substituents is 1. The van der Waals surface area contributed by atoms with Gasteiger partial charge >= 0.3 is 5.97 Å². The van der Waals surface area contributed by atoms with Crippen LogP contribution in [0, 0.1) is 0 Å². The van der Waals surface area contributed by atoms with E-state index in [1.54, 1.807) is 24.1 Å². The summed E-state index contributed by atoms with van der Waals surface area (Å²) in [5.74, 6) is 1.36. The van der Waals surface area contributed by atoms with Gasteiger partial charge in [0.1, 0.15) is 23.0 Å². The maximum absolute atomic E-state index is 12.5. The van der Waals surface area contributed by atoms with Crippen molar-refractivity contribution in [2.45, 2.75) is 65.4 Å². The zero-order valence-corrected chi connectivity index (χ0v) is 23.7. The highest BCUT2D eigenvalue weighted by Crippen LogP contribution is 2.38. The summed E-state index contributed by atoms with van der Waals surface area (Å²) in [4.78, 5) is 26.5.